The van der Waals surface area contributed by atoms with Gasteiger partial charge in [0.2, 0.25) is 0 Å². The highest BCUT2D eigenvalue weighted by molar-refractivity contribution is 5.84. The first-order chi connectivity index (χ1) is 11.2. The Bertz CT molecular complexity index is 892. The Balaban J connectivity index is 1.87. The van der Waals surface area contributed by atoms with Gasteiger partial charge in [-0.05, 0) is 48.6 Å². The average Bonchev–Trinajstić information content (AvgIpc) is 2.61. The van der Waals surface area contributed by atoms with E-state index in [1.807, 2.05) is 0 Å². The Morgan fingerprint density at radius 3 is 2.65 bits per heavy atom. The van der Waals surface area contributed by atoms with Crippen LogP contribution >= 0.6 is 0 Å². The Morgan fingerprint density at radius 2 is 1.87 bits per heavy atom. The van der Waals surface area contributed by atoms with E-state index in [-0.39, 0.29) is 5.41 Å². The van der Waals surface area contributed by atoms with E-state index in [2.05, 4.69) is 80.6 Å². The second-order valence-corrected chi connectivity index (χ2v) is 6.57. The molecular weight excluding hydrogens is 278 g/mol. The largest absolute Gasteiger partial charge is 0.248 e. The molecule has 0 amide bonds. The number of pyridine rings is 1. The summed E-state index contributed by atoms with van der Waals surface area (Å²) in [6.45, 7) is 4.41. The molecule has 0 N–H and O–H groups in total. The first-order valence-corrected chi connectivity index (χ1v) is 8.36. The molecule has 0 aliphatic heterocycles. The predicted molar refractivity (Wildman–Crippen MR) is 97.6 cm³/mol. The minimum absolute atomic E-state index is 0.0907. The lowest BCUT2D eigenvalue weighted by Gasteiger charge is -2.34. The molecule has 0 radical (unpaired) electrons. The van der Waals surface area contributed by atoms with Crippen molar-refractivity contribution in [1.29, 1.82) is 0 Å². The minimum Gasteiger partial charge on any atom is -0.248 e. The van der Waals surface area contributed by atoms with E-state index >= 15 is 0 Å². The summed E-state index contributed by atoms with van der Waals surface area (Å²) in [5.74, 6) is 0. The van der Waals surface area contributed by atoms with Gasteiger partial charge in [0, 0.05) is 10.8 Å². The van der Waals surface area contributed by atoms with Gasteiger partial charge in [-0.25, -0.2) is 4.98 Å². The van der Waals surface area contributed by atoms with Crippen molar-refractivity contribution >= 4 is 17.0 Å². The molecule has 1 heteroatoms. The van der Waals surface area contributed by atoms with Crippen LogP contribution in [-0.2, 0) is 11.8 Å². The van der Waals surface area contributed by atoms with Gasteiger partial charge in [-0.3, -0.25) is 0 Å². The van der Waals surface area contributed by atoms with Crippen LogP contribution in [0.15, 0.2) is 60.7 Å². The van der Waals surface area contributed by atoms with Gasteiger partial charge in [-0.2, -0.15) is 0 Å². The van der Waals surface area contributed by atoms with Crippen molar-refractivity contribution in [2.75, 3.05) is 0 Å². The monoisotopic (exact) mass is 299 g/mol. The van der Waals surface area contributed by atoms with E-state index in [1.165, 1.54) is 22.1 Å². The second-order valence-electron chi connectivity index (χ2n) is 6.57. The lowest BCUT2D eigenvalue weighted by atomic mass is 9.70. The number of hydrogen-bond acceptors (Lipinski definition) is 1. The average molecular weight is 299 g/mol. The number of hydrogen-bond donors (Lipinski definition) is 0. The van der Waals surface area contributed by atoms with E-state index < -0.39 is 0 Å². The normalized spacial score (nSPS) is 19.7. The Hall–Kier alpha value is -2.41. The zero-order chi connectivity index (χ0) is 15.9. The molecule has 0 saturated heterocycles. The van der Waals surface area contributed by atoms with Gasteiger partial charge in [0.15, 0.2) is 0 Å². The lowest BCUT2D eigenvalue weighted by molar-refractivity contribution is 0.508. The molecule has 3 aromatic rings. The molecule has 4 rings (SSSR count). The van der Waals surface area contributed by atoms with Crippen molar-refractivity contribution < 1.29 is 0 Å². The second kappa shape index (κ2) is 5.34. The third-order valence-corrected chi connectivity index (χ3v) is 5.21. The molecule has 1 nitrogen and oxygen atoms in total. The topological polar surface area (TPSA) is 12.9 Å². The maximum atomic E-state index is 4.92. The number of rotatable bonds is 2. The van der Waals surface area contributed by atoms with E-state index in [9.17, 15) is 0 Å². The van der Waals surface area contributed by atoms with Crippen molar-refractivity contribution in [1.82, 2.24) is 4.98 Å². The smallest absolute Gasteiger partial charge is 0.0738 e. The molecule has 23 heavy (non-hydrogen) atoms. The zero-order valence-electron chi connectivity index (χ0n) is 13.7. The Morgan fingerprint density at radius 1 is 1.04 bits per heavy atom. The van der Waals surface area contributed by atoms with Crippen molar-refractivity contribution in [3.05, 3.63) is 83.1 Å². The highest BCUT2D eigenvalue weighted by atomic mass is 14.7. The van der Waals surface area contributed by atoms with Gasteiger partial charge in [0.05, 0.1) is 11.2 Å². The fourth-order valence-corrected chi connectivity index (χ4v) is 3.74. The Labute approximate surface area is 137 Å². The molecule has 114 valence electrons. The van der Waals surface area contributed by atoms with Crippen LogP contribution in [0.3, 0.4) is 0 Å². The molecule has 2 aromatic carbocycles. The van der Waals surface area contributed by atoms with E-state index in [0.717, 1.165) is 24.1 Å². The summed E-state index contributed by atoms with van der Waals surface area (Å²) in [6, 6.07) is 19.6. The standard InChI is InChI=1S/C22H21N/c1-3-22(19-10-5-4-6-11-19)13-12-20-18(15-22)14-17-9-7-8-16(2)21(17)23-20/h4-14H,3,15H2,1-2H3. The summed E-state index contributed by atoms with van der Waals surface area (Å²) in [6.07, 6.45) is 6.71. The fraction of sp³-hybridized carbons (Fsp3) is 0.227. The molecule has 0 bridgehead atoms. The predicted octanol–water partition coefficient (Wildman–Crippen LogP) is 5.46. The van der Waals surface area contributed by atoms with Crippen LogP contribution in [0.4, 0.5) is 0 Å². The number of fused-ring (bicyclic) bond motifs is 2. The number of allylic oxidation sites excluding steroid dienone is 1. The Kier molecular flexibility index (Phi) is 3.30. The van der Waals surface area contributed by atoms with Crippen LogP contribution in [0.5, 0.6) is 0 Å². The SMILES string of the molecule is CCC1(c2ccccc2)C=Cc2nc3c(C)cccc3cc2C1. The van der Waals surface area contributed by atoms with E-state index in [0.29, 0.717) is 0 Å². The van der Waals surface area contributed by atoms with Crippen molar-refractivity contribution in [3.8, 4) is 0 Å². The first kappa shape index (κ1) is 14.2. The number of aromatic nitrogens is 1. The number of para-hydroxylation sites is 1. The summed E-state index contributed by atoms with van der Waals surface area (Å²) in [5.41, 5.74) is 6.35. The zero-order valence-corrected chi connectivity index (χ0v) is 13.7. The first-order valence-electron chi connectivity index (χ1n) is 8.36. The van der Waals surface area contributed by atoms with Crippen molar-refractivity contribution in [2.24, 2.45) is 0 Å². The van der Waals surface area contributed by atoms with Crippen molar-refractivity contribution in [2.45, 2.75) is 32.1 Å². The van der Waals surface area contributed by atoms with Gasteiger partial charge in [-0.15, -0.1) is 0 Å². The molecule has 1 heterocycles. The summed E-state index contributed by atoms with van der Waals surface area (Å²) in [7, 11) is 0. The highest BCUT2D eigenvalue weighted by Gasteiger charge is 2.31. The van der Waals surface area contributed by atoms with E-state index in [1.54, 1.807) is 0 Å². The van der Waals surface area contributed by atoms with Gasteiger partial charge in [0.25, 0.3) is 0 Å². The van der Waals surface area contributed by atoms with Crippen LogP contribution < -0.4 is 0 Å². The number of benzene rings is 2. The van der Waals surface area contributed by atoms with Crippen LogP contribution in [0.2, 0.25) is 0 Å². The lowest BCUT2D eigenvalue weighted by Crippen LogP contribution is -2.28. The van der Waals surface area contributed by atoms with E-state index in [4.69, 9.17) is 4.98 Å². The molecule has 1 atom stereocenters. The maximum Gasteiger partial charge on any atom is 0.0738 e. The molecule has 0 fully saturated rings. The highest BCUT2D eigenvalue weighted by Crippen LogP contribution is 2.39. The molecule has 0 saturated carbocycles. The molecule has 1 aliphatic carbocycles. The molecular formula is C22H21N. The quantitative estimate of drug-likeness (QED) is 0.612. The third-order valence-electron chi connectivity index (χ3n) is 5.21. The molecule has 1 aromatic heterocycles. The number of nitrogens with zero attached hydrogens (tertiary/aromatic N) is 1. The van der Waals surface area contributed by atoms with Crippen LogP contribution in [0, 0.1) is 6.92 Å². The summed E-state index contributed by atoms with van der Waals surface area (Å²) >= 11 is 0. The molecule has 1 unspecified atom stereocenters. The molecule has 0 spiro atoms. The minimum atomic E-state index is 0.0907. The summed E-state index contributed by atoms with van der Waals surface area (Å²) in [5, 5.41) is 1.25. The van der Waals surface area contributed by atoms with Gasteiger partial charge in [-0.1, -0.05) is 61.5 Å². The van der Waals surface area contributed by atoms with Crippen LogP contribution in [0.25, 0.3) is 17.0 Å². The maximum absolute atomic E-state index is 4.92. The number of aryl methyl sites for hydroxylation is 1. The van der Waals surface area contributed by atoms with Crippen LogP contribution in [-0.4, -0.2) is 4.98 Å². The third kappa shape index (κ3) is 2.28. The van der Waals surface area contributed by atoms with Gasteiger partial charge < -0.3 is 0 Å². The fourth-order valence-electron chi connectivity index (χ4n) is 3.74. The summed E-state index contributed by atoms with van der Waals surface area (Å²) in [4.78, 5) is 4.92. The molecule has 1 aliphatic rings. The van der Waals surface area contributed by atoms with Gasteiger partial charge >= 0.3 is 0 Å². The van der Waals surface area contributed by atoms with Crippen molar-refractivity contribution in [3.63, 3.8) is 0 Å². The summed E-state index contributed by atoms with van der Waals surface area (Å²) < 4.78 is 0. The van der Waals surface area contributed by atoms with Crippen LogP contribution in [0.1, 0.15) is 35.7 Å². The van der Waals surface area contributed by atoms with Gasteiger partial charge in [0.1, 0.15) is 0 Å².